The number of benzene rings is 1. The van der Waals surface area contributed by atoms with E-state index in [2.05, 4.69) is 4.74 Å². The number of esters is 1. The van der Waals surface area contributed by atoms with Gasteiger partial charge in [0.25, 0.3) is 0 Å². The number of rotatable bonds is 4. The molecule has 0 heterocycles. The van der Waals surface area contributed by atoms with E-state index < -0.39 is 18.2 Å². The van der Waals surface area contributed by atoms with Crippen LogP contribution in [0.1, 0.15) is 18.6 Å². The van der Waals surface area contributed by atoms with Crippen molar-refractivity contribution in [2.75, 3.05) is 6.61 Å². The van der Waals surface area contributed by atoms with Crippen molar-refractivity contribution in [2.24, 2.45) is 0 Å². The quantitative estimate of drug-likeness (QED) is 0.784. The van der Waals surface area contributed by atoms with E-state index in [1.165, 1.54) is 6.07 Å². The summed E-state index contributed by atoms with van der Waals surface area (Å²) in [7, 11) is 0. The molecule has 2 N–H and O–H groups in total. The average molecular weight is 245 g/mol. The van der Waals surface area contributed by atoms with Crippen LogP contribution in [0, 0.1) is 0 Å². The fourth-order valence-corrected chi connectivity index (χ4v) is 1.49. The lowest BCUT2D eigenvalue weighted by Gasteiger charge is -2.17. The Morgan fingerprint density at radius 1 is 1.44 bits per heavy atom. The molecular formula is C11H13ClO4. The largest absolute Gasteiger partial charge is 0.464 e. The lowest BCUT2D eigenvalue weighted by atomic mass is 10.0. The SMILES string of the molecule is CCOC(=O)[C@H](O)[C@@H](O)c1ccccc1Cl. The van der Waals surface area contributed by atoms with Gasteiger partial charge in [-0.2, -0.15) is 0 Å². The van der Waals surface area contributed by atoms with Crippen LogP contribution in [0.2, 0.25) is 5.02 Å². The van der Waals surface area contributed by atoms with E-state index in [1.807, 2.05) is 0 Å². The molecule has 16 heavy (non-hydrogen) atoms. The molecular weight excluding hydrogens is 232 g/mol. The Morgan fingerprint density at radius 2 is 2.06 bits per heavy atom. The molecule has 2 atom stereocenters. The minimum Gasteiger partial charge on any atom is -0.464 e. The van der Waals surface area contributed by atoms with E-state index in [0.717, 1.165) is 0 Å². The molecule has 1 rings (SSSR count). The van der Waals surface area contributed by atoms with Crippen LogP contribution < -0.4 is 0 Å². The molecule has 1 aromatic carbocycles. The summed E-state index contributed by atoms with van der Waals surface area (Å²) in [5.74, 6) is -0.866. The van der Waals surface area contributed by atoms with Crippen molar-refractivity contribution in [1.29, 1.82) is 0 Å². The van der Waals surface area contributed by atoms with Gasteiger partial charge in [0, 0.05) is 10.6 Å². The van der Waals surface area contributed by atoms with Crippen LogP contribution in [0.15, 0.2) is 24.3 Å². The summed E-state index contributed by atoms with van der Waals surface area (Å²) < 4.78 is 4.59. The van der Waals surface area contributed by atoms with E-state index in [-0.39, 0.29) is 6.61 Å². The second-order valence-corrected chi connectivity index (χ2v) is 3.57. The van der Waals surface area contributed by atoms with E-state index in [4.69, 9.17) is 11.6 Å². The van der Waals surface area contributed by atoms with Crippen LogP contribution >= 0.6 is 11.6 Å². The normalized spacial score (nSPS) is 14.2. The van der Waals surface area contributed by atoms with Gasteiger partial charge in [0.15, 0.2) is 6.10 Å². The van der Waals surface area contributed by atoms with Crippen LogP contribution in [0.4, 0.5) is 0 Å². The van der Waals surface area contributed by atoms with Crippen LogP contribution in [-0.4, -0.2) is 28.9 Å². The molecule has 88 valence electrons. The van der Waals surface area contributed by atoms with Gasteiger partial charge in [0.05, 0.1) is 6.61 Å². The van der Waals surface area contributed by atoms with Crippen molar-refractivity contribution in [3.05, 3.63) is 34.9 Å². The summed E-state index contributed by atoms with van der Waals surface area (Å²) in [6.45, 7) is 1.76. The number of hydrogen-bond acceptors (Lipinski definition) is 4. The van der Waals surface area contributed by atoms with Crippen LogP contribution in [0.3, 0.4) is 0 Å². The number of aliphatic hydroxyl groups excluding tert-OH is 2. The van der Waals surface area contributed by atoms with Gasteiger partial charge in [-0.3, -0.25) is 0 Å². The molecule has 0 bridgehead atoms. The highest BCUT2D eigenvalue weighted by atomic mass is 35.5. The first kappa shape index (κ1) is 13.0. The molecule has 0 aliphatic carbocycles. The third-order valence-corrected chi connectivity index (χ3v) is 2.40. The van der Waals surface area contributed by atoms with Crippen LogP contribution in [-0.2, 0) is 9.53 Å². The van der Waals surface area contributed by atoms with Crippen molar-refractivity contribution in [3.8, 4) is 0 Å². The molecule has 0 fully saturated rings. The summed E-state index contributed by atoms with van der Waals surface area (Å²) in [5, 5.41) is 19.5. The smallest absolute Gasteiger partial charge is 0.338 e. The zero-order chi connectivity index (χ0) is 12.1. The molecule has 0 radical (unpaired) electrons. The molecule has 0 saturated carbocycles. The van der Waals surface area contributed by atoms with Crippen molar-refractivity contribution in [3.63, 3.8) is 0 Å². The molecule has 0 amide bonds. The first-order valence-electron chi connectivity index (χ1n) is 4.85. The highest BCUT2D eigenvalue weighted by Gasteiger charge is 2.28. The Hall–Kier alpha value is -1.10. The summed E-state index contributed by atoms with van der Waals surface area (Å²) in [4.78, 5) is 11.2. The third kappa shape index (κ3) is 2.95. The molecule has 0 aliphatic rings. The fourth-order valence-electron chi connectivity index (χ4n) is 1.24. The third-order valence-electron chi connectivity index (χ3n) is 2.05. The van der Waals surface area contributed by atoms with Gasteiger partial charge in [0.2, 0.25) is 0 Å². The van der Waals surface area contributed by atoms with Crippen molar-refractivity contribution >= 4 is 17.6 Å². The molecule has 0 saturated heterocycles. The highest BCUT2D eigenvalue weighted by molar-refractivity contribution is 6.31. The van der Waals surface area contributed by atoms with Crippen molar-refractivity contribution in [2.45, 2.75) is 19.1 Å². The number of carbonyl (C=O) groups excluding carboxylic acids is 1. The maximum atomic E-state index is 11.2. The summed E-state index contributed by atoms with van der Waals surface area (Å²) >= 11 is 5.82. The maximum absolute atomic E-state index is 11.2. The van der Waals surface area contributed by atoms with Gasteiger partial charge >= 0.3 is 5.97 Å². The summed E-state index contributed by atoms with van der Waals surface area (Å²) in [5.41, 5.74) is 0.296. The van der Waals surface area contributed by atoms with Gasteiger partial charge < -0.3 is 14.9 Å². The fraction of sp³-hybridized carbons (Fsp3) is 0.364. The second kappa shape index (κ2) is 5.84. The van der Waals surface area contributed by atoms with Gasteiger partial charge in [-0.05, 0) is 13.0 Å². The average Bonchev–Trinajstić information content (AvgIpc) is 2.28. The minimum atomic E-state index is -1.63. The molecule has 0 spiro atoms. The van der Waals surface area contributed by atoms with Crippen LogP contribution in [0.25, 0.3) is 0 Å². The lowest BCUT2D eigenvalue weighted by molar-refractivity contribution is -0.159. The molecule has 0 aromatic heterocycles. The van der Waals surface area contributed by atoms with Crippen molar-refractivity contribution < 1.29 is 19.7 Å². The monoisotopic (exact) mass is 244 g/mol. The highest BCUT2D eigenvalue weighted by Crippen LogP contribution is 2.25. The zero-order valence-corrected chi connectivity index (χ0v) is 9.52. The molecule has 1 aromatic rings. The predicted octanol–water partition coefficient (Wildman–Crippen LogP) is 1.30. The number of carbonyl (C=O) groups is 1. The number of aliphatic hydroxyl groups is 2. The topological polar surface area (TPSA) is 66.8 Å². The molecule has 0 aliphatic heterocycles. The van der Waals surface area contributed by atoms with Crippen molar-refractivity contribution in [1.82, 2.24) is 0 Å². The molecule has 4 nitrogen and oxygen atoms in total. The Balaban J connectivity index is 2.82. The summed E-state index contributed by atoms with van der Waals surface area (Å²) in [6.07, 6.45) is -3.01. The molecule has 0 unspecified atom stereocenters. The number of hydrogen-bond donors (Lipinski definition) is 2. The second-order valence-electron chi connectivity index (χ2n) is 3.16. The predicted molar refractivity (Wildman–Crippen MR) is 59.1 cm³/mol. The molecule has 5 heteroatoms. The van der Waals surface area contributed by atoms with Gasteiger partial charge in [-0.25, -0.2) is 4.79 Å². The Labute approximate surface area is 98.4 Å². The Morgan fingerprint density at radius 3 is 2.62 bits per heavy atom. The van der Waals surface area contributed by atoms with E-state index >= 15 is 0 Å². The van der Waals surface area contributed by atoms with Gasteiger partial charge in [0.1, 0.15) is 6.10 Å². The minimum absolute atomic E-state index is 0.144. The Bertz CT molecular complexity index is 367. The number of ether oxygens (including phenoxy) is 1. The van der Waals surface area contributed by atoms with E-state index in [9.17, 15) is 15.0 Å². The number of halogens is 1. The zero-order valence-electron chi connectivity index (χ0n) is 8.76. The van der Waals surface area contributed by atoms with Gasteiger partial charge in [-0.1, -0.05) is 29.8 Å². The first-order chi connectivity index (χ1) is 7.57. The van der Waals surface area contributed by atoms with E-state index in [1.54, 1.807) is 25.1 Å². The van der Waals surface area contributed by atoms with Gasteiger partial charge in [-0.15, -0.1) is 0 Å². The maximum Gasteiger partial charge on any atom is 0.338 e. The standard InChI is InChI=1S/C11H13ClO4/c1-2-16-11(15)10(14)9(13)7-5-3-4-6-8(7)12/h3-6,9-10,13-14H,2H2,1H3/t9-,10+/m0/s1. The summed E-state index contributed by atoms with van der Waals surface area (Å²) in [6, 6.07) is 6.45. The van der Waals surface area contributed by atoms with Crippen LogP contribution in [0.5, 0.6) is 0 Å². The van der Waals surface area contributed by atoms with E-state index in [0.29, 0.717) is 10.6 Å². The Kier molecular flexibility index (Phi) is 4.73. The lowest BCUT2D eigenvalue weighted by Crippen LogP contribution is -2.30. The first-order valence-corrected chi connectivity index (χ1v) is 5.23.